The zero-order valence-corrected chi connectivity index (χ0v) is 11.1. The monoisotopic (exact) mass is 245 g/mol. The topological polar surface area (TPSA) is 55.6 Å². The summed E-state index contributed by atoms with van der Waals surface area (Å²) in [5, 5.41) is 3.23. The molecule has 2 heterocycles. The molecule has 1 N–H and O–H groups in total. The molecule has 0 aliphatic carbocycles. The Morgan fingerprint density at radius 1 is 1.22 bits per heavy atom. The summed E-state index contributed by atoms with van der Waals surface area (Å²) in [6, 6.07) is 1.96. The summed E-state index contributed by atoms with van der Waals surface area (Å²) in [6.07, 6.45) is 4.59. The van der Waals surface area contributed by atoms with E-state index in [4.69, 9.17) is 0 Å². The fraction of sp³-hybridized carbons (Fsp3) is 0.462. The highest BCUT2D eigenvalue weighted by Gasteiger charge is 2.09. The molecule has 96 valence electrons. The van der Waals surface area contributed by atoms with Crippen LogP contribution in [0.15, 0.2) is 18.5 Å². The Balaban J connectivity index is 2.46. The van der Waals surface area contributed by atoms with Crippen LogP contribution in [0.3, 0.4) is 0 Å². The maximum Gasteiger partial charge on any atom is 0.158 e. The van der Waals surface area contributed by atoms with E-state index in [0.717, 1.165) is 42.7 Å². The quantitative estimate of drug-likeness (QED) is 0.878. The maximum absolute atomic E-state index is 4.55. The SMILES string of the molecule is CCNc1cc(-c2nccn2CC)nc(CC)n1. The van der Waals surface area contributed by atoms with Gasteiger partial charge in [0, 0.05) is 38.0 Å². The average Bonchev–Trinajstić information content (AvgIpc) is 2.87. The molecule has 5 nitrogen and oxygen atoms in total. The highest BCUT2D eigenvalue weighted by molar-refractivity contribution is 5.55. The van der Waals surface area contributed by atoms with Crippen molar-refractivity contribution in [3.05, 3.63) is 24.3 Å². The minimum atomic E-state index is 0.819. The van der Waals surface area contributed by atoms with Crippen LogP contribution in [0.5, 0.6) is 0 Å². The molecule has 0 aromatic carbocycles. The second-order valence-electron chi connectivity index (χ2n) is 3.98. The van der Waals surface area contributed by atoms with Crippen LogP contribution in [-0.4, -0.2) is 26.1 Å². The Bertz CT molecular complexity index is 518. The summed E-state index contributed by atoms with van der Waals surface area (Å²) in [4.78, 5) is 13.4. The number of hydrogen-bond acceptors (Lipinski definition) is 4. The lowest BCUT2D eigenvalue weighted by Crippen LogP contribution is -2.06. The van der Waals surface area contributed by atoms with Gasteiger partial charge >= 0.3 is 0 Å². The first-order chi connectivity index (χ1) is 8.78. The number of rotatable bonds is 5. The first-order valence-corrected chi connectivity index (χ1v) is 6.41. The predicted molar refractivity (Wildman–Crippen MR) is 72.5 cm³/mol. The van der Waals surface area contributed by atoms with E-state index in [0.29, 0.717) is 0 Å². The number of anilines is 1. The summed E-state index contributed by atoms with van der Waals surface area (Å²) < 4.78 is 2.08. The Kier molecular flexibility index (Phi) is 3.92. The van der Waals surface area contributed by atoms with Gasteiger partial charge in [0.2, 0.25) is 0 Å². The molecule has 0 spiro atoms. The zero-order chi connectivity index (χ0) is 13.0. The molecular formula is C13H19N5. The van der Waals surface area contributed by atoms with E-state index in [2.05, 4.69) is 45.6 Å². The second kappa shape index (κ2) is 5.62. The van der Waals surface area contributed by atoms with Crippen LogP contribution in [0, 0.1) is 0 Å². The largest absolute Gasteiger partial charge is 0.370 e. The molecule has 2 aromatic heterocycles. The Morgan fingerprint density at radius 2 is 2.06 bits per heavy atom. The van der Waals surface area contributed by atoms with Gasteiger partial charge in [0.05, 0.1) is 0 Å². The lowest BCUT2D eigenvalue weighted by molar-refractivity contribution is 0.765. The molecule has 0 aliphatic rings. The van der Waals surface area contributed by atoms with Gasteiger partial charge in [-0.3, -0.25) is 0 Å². The van der Waals surface area contributed by atoms with Crippen molar-refractivity contribution >= 4 is 5.82 Å². The molecule has 0 unspecified atom stereocenters. The third-order valence-corrected chi connectivity index (χ3v) is 2.73. The molecule has 5 heteroatoms. The van der Waals surface area contributed by atoms with Gasteiger partial charge < -0.3 is 9.88 Å². The van der Waals surface area contributed by atoms with Gasteiger partial charge in [0.25, 0.3) is 0 Å². The molecule has 0 aliphatic heterocycles. The van der Waals surface area contributed by atoms with Crippen LogP contribution in [-0.2, 0) is 13.0 Å². The molecule has 2 aromatic rings. The molecule has 0 saturated carbocycles. The predicted octanol–water partition coefficient (Wildman–Crippen LogP) is 2.35. The standard InChI is InChI=1S/C13H19N5/c1-4-11-16-10(9-12(17-11)14-5-2)13-15-7-8-18(13)6-3/h7-9H,4-6H2,1-3H3,(H,14,16,17). The Hall–Kier alpha value is -1.91. The molecule has 0 atom stereocenters. The van der Waals surface area contributed by atoms with Crippen molar-refractivity contribution in [2.24, 2.45) is 0 Å². The molecular weight excluding hydrogens is 226 g/mol. The normalized spacial score (nSPS) is 10.6. The van der Waals surface area contributed by atoms with Gasteiger partial charge in [-0.1, -0.05) is 6.92 Å². The molecule has 2 rings (SSSR count). The summed E-state index contributed by atoms with van der Waals surface area (Å²) in [5.41, 5.74) is 0.879. The number of hydrogen-bond donors (Lipinski definition) is 1. The van der Waals surface area contributed by atoms with Crippen LogP contribution in [0.1, 0.15) is 26.6 Å². The van der Waals surface area contributed by atoms with E-state index in [9.17, 15) is 0 Å². The van der Waals surface area contributed by atoms with E-state index < -0.39 is 0 Å². The van der Waals surface area contributed by atoms with E-state index in [-0.39, 0.29) is 0 Å². The fourth-order valence-corrected chi connectivity index (χ4v) is 1.84. The van der Waals surface area contributed by atoms with E-state index in [1.165, 1.54) is 0 Å². The molecule has 0 radical (unpaired) electrons. The number of imidazole rings is 1. The van der Waals surface area contributed by atoms with E-state index >= 15 is 0 Å². The van der Waals surface area contributed by atoms with Crippen LogP contribution >= 0.6 is 0 Å². The van der Waals surface area contributed by atoms with Gasteiger partial charge in [-0.15, -0.1) is 0 Å². The first kappa shape index (κ1) is 12.5. The van der Waals surface area contributed by atoms with Crippen LogP contribution in [0.2, 0.25) is 0 Å². The third kappa shape index (κ3) is 2.50. The summed E-state index contributed by atoms with van der Waals surface area (Å²) in [7, 11) is 0. The van der Waals surface area contributed by atoms with E-state index in [1.807, 2.05) is 12.3 Å². The van der Waals surface area contributed by atoms with Crippen LogP contribution in [0.25, 0.3) is 11.5 Å². The number of aryl methyl sites for hydroxylation is 2. The lowest BCUT2D eigenvalue weighted by Gasteiger charge is -2.09. The second-order valence-corrected chi connectivity index (χ2v) is 3.98. The lowest BCUT2D eigenvalue weighted by atomic mass is 10.3. The molecule has 0 bridgehead atoms. The molecule has 0 amide bonds. The number of aromatic nitrogens is 4. The van der Waals surface area contributed by atoms with Gasteiger partial charge in [0.1, 0.15) is 17.3 Å². The molecule has 0 saturated heterocycles. The summed E-state index contributed by atoms with van der Waals surface area (Å²) in [6.45, 7) is 7.94. The molecule has 0 fully saturated rings. The highest BCUT2D eigenvalue weighted by atomic mass is 15.1. The van der Waals surface area contributed by atoms with Gasteiger partial charge in [-0.25, -0.2) is 15.0 Å². The van der Waals surface area contributed by atoms with Crippen molar-refractivity contribution in [3.8, 4) is 11.5 Å². The van der Waals surface area contributed by atoms with Gasteiger partial charge in [0.15, 0.2) is 5.82 Å². The fourth-order valence-electron chi connectivity index (χ4n) is 1.84. The van der Waals surface area contributed by atoms with Crippen molar-refractivity contribution in [2.45, 2.75) is 33.7 Å². The molecule has 18 heavy (non-hydrogen) atoms. The van der Waals surface area contributed by atoms with Crippen molar-refractivity contribution < 1.29 is 0 Å². The summed E-state index contributed by atoms with van der Waals surface area (Å²) in [5.74, 6) is 2.60. The third-order valence-electron chi connectivity index (χ3n) is 2.73. The van der Waals surface area contributed by atoms with Gasteiger partial charge in [-0.2, -0.15) is 0 Å². The highest BCUT2D eigenvalue weighted by Crippen LogP contribution is 2.18. The Morgan fingerprint density at radius 3 is 2.72 bits per heavy atom. The smallest absolute Gasteiger partial charge is 0.158 e. The maximum atomic E-state index is 4.55. The number of nitrogens with one attached hydrogen (secondary N) is 1. The zero-order valence-electron chi connectivity index (χ0n) is 11.1. The van der Waals surface area contributed by atoms with Crippen LogP contribution in [0.4, 0.5) is 5.82 Å². The van der Waals surface area contributed by atoms with Crippen molar-refractivity contribution in [1.29, 1.82) is 0 Å². The van der Waals surface area contributed by atoms with Crippen molar-refractivity contribution in [2.75, 3.05) is 11.9 Å². The minimum absolute atomic E-state index is 0.819. The average molecular weight is 245 g/mol. The summed E-state index contributed by atoms with van der Waals surface area (Å²) >= 11 is 0. The van der Waals surface area contributed by atoms with E-state index in [1.54, 1.807) is 6.20 Å². The van der Waals surface area contributed by atoms with Gasteiger partial charge in [-0.05, 0) is 13.8 Å². The van der Waals surface area contributed by atoms with Crippen molar-refractivity contribution in [1.82, 2.24) is 19.5 Å². The number of nitrogens with zero attached hydrogens (tertiary/aromatic N) is 4. The minimum Gasteiger partial charge on any atom is -0.370 e. The van der Waals surface area contributed by atoms with Crippen molar-refractivity contribution in [3.63, 3.8) is 0 Å². The Labute approximate surface area is 107 Å². The van der Waals surface area contributed by atoms with Crippen LogP contribution < -0.4 is 5.32 Å². The first-order valence-electron chi connectivity index (χ1n) is 6.41.